The van der Waals surface area contributed by atoms with Crippen LogP contribution in [0.15, 0.2) is 30.3 Å². The molecule has 2 heterocycles. The third kappa shape index (κ3) is 2.37. The van der Waals surface area contributed by atoms with Gasteiger partial charge in [0.25, 0.3) is 0 Å². The summed E-state index contributed by atoms with van der Waals surface area (Å²) in [5.74, 6) is 0.503. The standard InChI is InChI=1S/C13H17N5O2/c1-10-13(19,7-8-20-10)9-14-12-15-16-17-18(12)11-5-3-2-4-6-11/h2-6,10,19H,7-9H2,1H3,(H,14,15,17). The minimum absolute atomic E-state index is 0.198. The van der Waals surface area contributed by atoms with Gasteiger partial charge in [-0.15, -0.1) is 0 Å². The van der Waals surface area contributed by atoms with Crippen molar-refractivity contribution >= 4 is 5.95 Å². The number of anilines is 1. The van der Waals surface area contributed by atoms with E-state index in [0.717, 1.165) is 5.69 Å². The first-order valence-corrected chi connectivity index (χ1v) is 6.61. The van der Waals surface area contributed by atoms with Crippen molar-refractivity contribution in [2.75, 3.05) is 18.5 Å². The summed E-state index contributed by atoms with van der Waals surface area (Å²) < 4.78 is 7.01. The van der Waals surface area contributed by atoms with Gasteiger partial charge in [-0.05, 0) is 29.5 Å². The monoisotopic (exact) mass is 275 g/mol. The molecule has 1 aliphatic rings. The van der Waals surface area contributed by atoms with Gasteiger partial charge in [0.1, 0.15) is 5.60 Å². The van der Waals surface area contributed by atoms with Crippen LogP contribution in [-0.2, 0) is 4.74 Å². The molecule has 1 saturated heterocycles. The highest BCUT2D eigenvalue weighted by Crippen LogP contribution is 2.25. The molecule has 1 aromatic carbocycles. The maximum Gasteiger partial charge on any atom is 0.247 e. The lowest BCUT2D eigenvalue weighted by atomic mass is 9.97. The maximum absolute atomic E-state index is 10.5. The number of hydrogen-bond acceptors (Lipinski definition) is 6. The number of tetrazole rings is 1. The van der Waals surface area contributed by atoms with Crippen molar-refractivity contribution in [3.05, 3.63) is 30.3 Å². The second-order valence-electron chi connectivity index (χ2n) is 4.97. The van der Waals surface area contributed by atoms with Gasteiger partial charge >= 0.3 is 0 Å². The molecule has 0 spiro atoms. The first kappa shape index (κ1) is 13.0. The second kappa shape index (κ2) is 5.18. The largest absolute Gasteiger partial charge is 0.385 e. The van der Waals surface area contributed by atoms with Crippen LogP contribution in [0.4, 0.5) is 5.95 Å². The Hall–Kier alpha value is -1.99. The highest BCUT2D eigenvalue weighted by molar-refractivity contribution is 5.38. The number of ether oxygens (including phenoxy) is 1. The first-order valence-electron chi connectivity index (χ1n) is 6.61. The van der Waals surface area contributed by atoms with Crippen molar-refractivity contribution in [2.24, 2.45) is 0 Å². The molecule has 1 fully saturated rings. The summed E-state index contributed by atoms with van der Waals surface area (Å²) in [7, 11) is 0. The third-order valence-corrected chi connectivity index (χ3v) is 3.68. The fraction of sp³-hybridized carbons (Fsp3) is 0.462. The summed E-state index contributed by atoms with van der Waals surface area (Å²) in [6.07, 6.45) is 0.407. The molecule has 0 amide bonds. The van der Waals surface area contributed by atoms with Crippen LogP contribution in [0.2, 0.25) is 0 Å². The van der Waals surface area contributed by atoms with Gasteiger partial charge in [0.2, 0.25) is 5.95 Å². The average molecular weight is 275 g/mol. The third-order valence-electron chi connectivity index (χ3n) is 3.68. The lowest BCUT2D eigenvalue weighted by Gasteiger charge is -2.26. The molecule has 20 heavy (non-hydrogen) atoms. The minimum atomic E-state index is -0.881. The molecule has 7 heteroatoms. The SMILES string of the molecule is CC1OCCC1(O)CNc1nnnn1-c1ccccc1. The van der Waals surface area contributed by atoms with Crippen LogP contribution in [0.3, 0.4) is 0 Å². The molecule has 7 nitrogen and oxygen atoms in total. The Morgan fingerprint density at radius 2 is 2.25 bits per heavy atom. The minimum Gasteiger partial charge on any atom is -0.385 e. The van der Waals surface area contributed by atoms with Gasteiger partial charge in [0.15, 0.2) is 0 Å². The van der Waals surface area contributed by atoms with E-state index < -0.39 is 5.60 Å². The number of nitrogens with zero attached hydrogens (tertiary/aromatic N) is 4. The smallest absolute Gasteiger partial charge is 0.247 e. The fourth-order valence-corrected chi connectivity index (χ4v) is 2.28. The van der Waals surface area contributed by atoms with Crippen LogP contribution in [0.5, 0.6) is 0 Å². The van der Waals surface area contributed by atoms with Crippen LogP contribution in [0.25, 0.3) is 5.69 Å². The Kier molecular flexibility index (Phi) is 3.37. The molecule has 0 saturated carbocycles. The van der Waals surface area contributed by atoms with E-state index in [1.165, 1.54) is 0 Å². The zero-order valence-corrected chi connectivity index (χ0v) is 11.2. The molecular formula is C13H17N5O2. The summed E-state index contributed by atoms with van der Waals surface area (Å²) in [5, 5.41) is 25.1. The molecule has 0 bridgehead atoms. The Morgan fingerprint density at radius 1 is 1.45 bits per heavy atom. The molecule has 0 aliphatic carbocycles. The van der Waals surface area contributed by atoms with E-state index in [9.17, 15) is 5.11 Å². The number of rotatable bonds is 4. The molecule has 2 atom stereocenters. The molecule has 2 unspecified atom stereocenters. The second-order valence-corrected chi connectivity index (χ2v) is 4.97. The Morgan fingerprint density at radius 3 is 2.95 bits per heavy atom. The summed E-state index contributed by atoms with van der Waals surface area (Å²) >= 11 is 0. The van der Waals surface area contributed by atoms with Crippen molar-refractivity contribution in [3.8, 4) is 5.69 Å². The lowest BCUT2D eigenvalue weighted by Crippen LogP contribution is -2.43. The van der Waals surface area contributed by atoms with E-state index in [2.05, 4.69) is 20.8 Å². The normalized spacial score (nSPS) is 25.8. The predicted octanol–water partition coefficient (Wildman–Crippen LogP) is 0.614. The number of hydrogen-bond donors (Lipinski definition) is 2. The highest BCUT2D eigenvalue weighted by atomic mass is 16.5. The van der Waals surface area contributed by atoms with E-state index in [1.54, 1.807) is 4.68 Å². The lowest BCUT2D eigenvalue weighted by molar-refractivity contribution is -0.0177. The van der Waals surface area contributed by atoms with E-state index in [1.807, 2.05) is 37.3 Å². The van der Waals surface area contributed by atoms with Gasteiger partial charge in [-0.25, -0.2) is 0 Å². The number of aliphatic hydroxyl groups is 1. The van der Waals surface area contributed by atoms with Gasteiger partial charge in [-0.2, -0.15) is 4.68 Å². The number of para-hydroxylation sites is 1. The molecular weight excluding hydrogens is 258 g/mol. The van der Waals surface area contributed by atoms with Crippen molar-refractivity contribution < 1.29 is 9.84 Å². The zero-order valence-electron chi connectivity index (χ0n) is 11.2. The van der Waals surface area contributed by atoms with Crippen molar-refractivity contribution in [2.45, 2.75) is 25.0 Å². The average Bonchev–Trinajstić information content (AvgIpc) is 3.06. The number of nitrogens with one attached hydrogen (secondary N) is 1. The van der Waals surface area contributed by atoms with Crippen LogP contribution in [0, 0.1) is 0 Å². The topological polar surface area (TPSA) is 85.1 Å². The van der Waals surface area contributed by atoms with Crippen molar-refractivity contribution in [3.63, 3.8) is 0 Å². The van der Waals surface area contributed by atoms with Gasteiger partial charge in [-0.3, -0.25) is 0 Å². The molecule has 0 radical (unpaired) electrons. The van der Waals surface area contributed by atoms with Crippen LogP contribution in [-0.4, -0.2) is 50.2 Å². The quantitative estimate of drug-likeness (QED) is 0.850. The molecule has 1 aromatic heterocycles. The Bertz CT molecular complexity index is 573. The molecule has 1 aliphatic heterocycles. The summed E-state index contributed by atoms with van der Waals surface area (Å²) in [6.45, 7) is 2.79. The Labute approximate surface area is 116 Å². The Balaban J connectivity index is 1.75. The highest BCUT2D eigenvalue weighted by Gasteiger charge is 2.39. The van der Waals surface area contributed by atoms with Gasteiger partial charge in [0.05, 0.1) is 11.8 Å². The van der Waals surface area contributed by atoms with Crippen molar-refractivity contribution in [1.82, 2.24) is 20.2 Å². The maximum atomic E-state index is 10.5. The van der Waals surface area contributed by atoms with Crippen LogP contribution in [0.1, 0.15) is 13.3 Å². The molecule has 2 aromatic rings. The molecule has 106 valence electrons. The van der Waals surface area contributed by atoms with Gasteiger partial charge in [0, 0.05) is 19.6 Å². The summed E-state index contributed by atoms with van der Waals surface area (Å²) in [5.41, 5.74) is -0.0179. The number of aromatic nitrogens is 4. The summed E-state index contributed by atoms with van der Waals surface area (Å²) in [6, 6.07) is 9.60. The predicted molar refractivity (Wildman–Crippen MR) is 72.6 cm³/mol. The fourth-order valence-electron chi connectivity index (χ4n) is 2.28. The molecule has 2 N–H and O–H groups in total. The molecule has 3 rings (SSSR count). The van der Waals surface area contributed by atoms with Crippen LogP contribution < -0.4 is 5.32 Å². The van der Waals surface area contributed by atoms with E-state index >= 15 is 0 Å². The summed E-state index contributed by atoms with van der Waals surface area (Å²) in [4.78, 5) is 0. The number of benzene rings is 1. The van der Waals surface area contributed by atoms with Gasteiger partial charge < -0.3 is 15.2 Å². The van der Waals surface area contributed by atoms with Crippen LogP contribution >= 0.6 is 0 Å². The van der Waals surface area contributed by atoms with Gasteiger partial charge in [-0.1, -0.05) is 23.3 Å². The van der Waals surface area contributed by atoms with E-state index in [-0.39, 0.29) is 6.10 Å². The first-order chi connectivity index (χ1) is 9.69. The van der Waals surface area contributed by atoms with E-state index in [0.29, 0.717) is 25.5 Å². The zero-order chi connectivity index (χ0) is 14.0. The van der Waals surface area contributed by atoms with Crippen molar-refractivity contribution in [1.29, 1.82) is 0 Å². The van der Waals surface area contributed by atoms with E-state index in [4.69, 9.17) is 4.74 Å².